The van der Waals surface area contributed by atoms with Gasteiger partial charge >= 0.3 is 0 Å². The van der Waals surface area contributed by atoms with Crippen LogP contribution in [-0.2, 0) is 4.74 Å². The summed E-state index contributed by atoms with van der Waals surface area (Å²) in [7, 11) is 0. The van der Waals surface area contributed by atoms with Gasteiger partial charge in [0.15, 0.2) is 5.78 Å². The summed E-state index contributed by atoms with van der Waals surface area (Å²) in [6.07, 6.45) is 0.229. The van der Waals surface area contributed by atoms with Gasteiger partial charge in [-0.25, -0.2) is 0 Å². The molecule has 3 nitrogen and oxygen atoms in total. The van der Waals surface area contributed by atoms with Crippen molar-refractivity contribution in [2.24, 2.45) is 0 Å². The van der Waals surface area contributed by atoms with Gasteiger partial charge in [0.2, 0.25) is 0 Å². The van der Waals surface area contributed by atoms with Gasteiger partial charge in [0, 0.05) is 12.6 Å². The van der Waals surface area contributed by atoms with Gasteiger partial charge in [-0.1, -0.05) is 6.07 Å². The quantitative estimate of drug-likeness (QED) is 0.756. The highest BCUT2D eigenvalue weighted by Crippen LogP contribution is 2.14. The van der Waals surface area contributed by atoms with Gasteiger partial charge in [-0.3, -0.25) is 9.69 Å². The van der Waals surface area contributed by atoms with Gasteiger partial charge in [-0.05, 0) is 25.3 Å². The second-order valence-electron chi connectivity index (χ2n) is 4.32. The maximum absolute atomic E-state index is 12.0. The lowest BCUT2D eigenvalue weighted by Gasteiger charge is -2.36. The van der Waals surface area contributed by atoms with Gasteiger partial charge in [-0.2, -0.15) is 0 Å². The number of ether oxygens (including phenoxy) is 1. The average Bonchev–Trinajstić information content (AvgIpc) is 2.76. The minimum Gasteiger partial charge on any atom is -0.376 e. The molecule has 1 saturated heterocycles. The van der Waals surface area contributed by atoms with Crippen LogP contribution in [0.3, 0.4) is 0 Å². The number of nitrogens with zero attached hydrogens (tertiary/aromatic N) is 1. The molecule has 0 aliphatic carbocycles. The first-order chi connectivity index (χ1) is 7.66. The highest BCUT2D eigenvalue weighted by atomic mass is 32.1. The fraction of sp³-hybridized carbons (Fsp3) is 0.583. The third-order valence-corrected chi connectivity index (χ3v) is 3.79. The van der Waals surface area contributed by atoms with Crippen molar-refractivity contribution in [3.8, 4) is 0 Å². The van der Waals surface area contributed by atoms with Crippen LogP contribution in [0.4, 0.5) is 0 Å². The van der Waals surface area contributed by atoms with Gasteiger partial charge in [0.05, 0.1) is 24.1 Å². The summed E-state index contributed by atoms with van der Waals surface area (Å²) in [6.45, 7) is 6.23. The molecule has 0 saturated carbocycles. The number of Topliss-reactive ketones (excluding diaryl/α,β-unsaturated/α-hetero) is 1. The van der Waals surface area contributed by atoms with Crippen LogP contribution in [0.1, 0.15) is 23.5 Å². The molecule has 2 unspecified atom stereocenters. The molecule has 16 heavy (non-hydrogen) atoms. The van der Waals surface area contributed by atoms with Gasteiger partial charge in [0.25, 0.3) is 0 Å². The molecule has 0 N–H and O–H groups in total. The Hall–Kier alpha value is -0.710. The van der Waals surface area contributed by atoms with E-state index in [1.54, 1.807) is 0 Å². The number of morpholine rings is 1. The Morgan fingerprint density at radius 3 is 3.12 bits per heavy atom. The van der Waals surface area contributed by atoms with Gasteiger partial charge in [-0.15, -0.1) is 11.3 Å². The molecule has 0 radical (unpaired) electrons. The molecular formula is C12H17NO2S. The molecule has 88 valence electrons. The van der Waals surface area contributed by atoms with Crippen LogP contribution in [0, 0.1) is 0 Å². The number of ketones is 1. The van der Waals surface area contributed by atoms with Crippen LogP contribution in [-0.4, -0.2) is 42.5 Å². The van der Waals surface area contributed by atoms with E-state index in [4.69, 9.17) is 4.74 Å². The van der Waals surface area contributed by atoms with Crippen molar-refractivity contribution in [2.75, 3.05) is 19.7 Å². The van der Waals surface area contributed by atoms with E-state index in [9.17, 15) is 4.79 Å². The standard InChI is InChI=1S/C12H17NO2S/c1-9-8-15-10(2)6-13(9)7-11(14)12-4-3-5-16-12/h3-5,9-10H,6-8H2,1-2H3. The molecule has 0 bridgehead atoms. The van der Waals surface area contributed by atoms with Crippen LogP contribution in [0.5, 0.6) is 0 Å². The highest BCUT2D eigenvalue weighted by molar-refractivity contribution is 7.12. The second kappa shape index (κ2) is 5.08. The number of hydrogen-bond acceptors (Lipinski definition) is 4. The summed E-state index contributed by atoms with van der Waals surface area (Å²) >= 11 is 1.51. The minimum atomic E-state index is 0.218. The molecule has 0 aromatic carbocycles. The summed E-state index contributed by atoms with van der Waals surface area (Å²) in [5.41, 5.74) is 0. The molecule has 4 heteroatoms. The Morgan fingerprint density at radius 2 is 2.44 bits per heavy atom. The van der Waals surface area contributed by atoms with E-state index in [1.807, 2.05) is 17.5 Å². The fourth-order valence-corrected chi connectivity index (χ4v) is 2.55. The van der Waals surface area contributed by atoms with E-state index in [-0.39, 0.29) is 11.9 Å². The van der Waals surface area contributed by atoms with E-state index in [1.165, 1.54) is 11.3 Å². The zero-order valence-electron chi connectivity index (χ0n) is 9.68. The van der Waals surface area contributed by atoms with Crippen molar-refractivity contribution in [1.82, 2.24) is 4.90 Å². The number of hydrogen-bond donors (Lipinski definition) is 0. The van der Waals surface area contributed by atoms with Crippen molar-refractivity contribution in [3.05, 3.63) is 22.4 Å². The van der Waals surface area contributed by atoms with Gasteiger partial charge < -0.3 is 4.74 Å². The summed E-state index contributed by atoms with van der Waals surface area (Å²) in [5.74, 6) is 0.218. The Bertz CT molecular complexity index is 350. The van der Waals surface area contributed by atoms with Gasteiger partial charge in [0.1, 0.15) is 0 Å². The Kier molecular flexibility index (Phi) is 3.74. The summed E-state index contributed by atoms with van der Waals surface area (Å²) in [5, 5.41) is 1.94. The lowest BCUT2D eigenvalue weighted by Crippen LogP contribution is -2.49. The third-order valence-electron chi connectivity index (χ3n) is 2.88. The Labute approximate surface area is 100 Å². The van der Waals surface area contributed by atoms with E-state index >= 15 is 0 Å². The number of carbonyl (C=O) groups excluding carboxylic acids is 1. The lowest BCUT2D eigenvalue weighted by atomic mass is 10.2. The minimum absolute atomic E-state index is 0.218. The van der Waals surface area contributed by atoms with Crippen molar-refractivity contribution >= 4 is 17.1 Å². The smallest absolute Gasteiger partial charge is 0.186 e. The van der Waals surface area contributed by atoms with E-state index < -0.39 is 0 Å². The maximum atomic E-state index is 12.0. The largest absolute Gasteiger partial charge is 0.376 e. The number of thiophene rings is 1. The third kappa shape index (κ3) is 2.70. The number of carbonyl (C=O) groups is 1. The fourth-order valence-electron chi connectivity index (χ4n) is 1.89. The predicted octanol–water partition coefficient (Wildman–Crippen LogP) is 2.04. The molecule has 0 spiro atoms. The van der Waals surface area contributed by atoms with E-state index in [0.717, 1.165) is 18.0 Å². The molecule has 1 aromatic heterocycles. The zero-order chi connectivity index (χ0) is 11.5. The molecule has 1 aromatic rings. The van der Waals surface area contributed by atoms with E-state index in [2.05, 4.69) is 18.7 Å². The van der Waals surface area contributed by atoms with Crippen LogP contribution in [0.25, 0.3) is 0 Å². The van der Waals surface area contributed by atoms with Crippen LogP contribution in [0.2, 0.25) is 0 Å². The summed E-state index contributed by atoms with van der Waals surface area (Å²) in [6, 6.07) is 4.14. The normalized spacial score (nSPS) is 26.9. The molecule has 1 aliphatic heterocycles. The molecule has 1 fully saturated rings. The van der Waals surface area contributed by atoms with Crippen LogP contribution < -0.4 is 0 Å². The lowest BCUT2D eigenvalue weighted by molar-refractivity contribution is -0.0459. The van der Waals surface area contributed by atoms with Crippen molar-refractivity contribution < 1.29 is 9.53 Å². The second-order valence-corrected chi connectivity index (χ2v) is 5.27. The molecule has 2 atom stereocenters. The first-order valence-electron chi connectivity index (χ1n) is 5.59. The summed E-state index contributed by atoms with van der Waals surface area (Å²) in [4.78, 5) is 15.0. The maximum Gasteiger partial charge on any atom is 0.186 e. The SMILES string of the molecule is CC1CN(CC(=O)c2cccs2)C(C)CO1. The molecular weight excluding hydrogens is 222 g/mol. The molecule has 2 rings (SSSR count). The monoisotopic (exact) mass is 239 g/mol. The molecule has 2 heterocycles. The molecule has 1 aliphatic rings. The highest BCUT2D eigenvalue weighted by Gasteiger charge is 2.25. The van der Waals surface area contributed by atoms with Crippen molar-refractivity contribution in [2.45, 2.75) is 26.0 Å². The Balaban J connectivity index is 1.95. The molecule has 0 amide bonds. The van der Waals surface area contributed by atoms with E-state index in [0.29, 0.717) is 12.6 Å². The van der Waals surface area contributed by atoms with Crippen LogP contribution in [0.15, 0.2) is 17.5 Å². The first-order valence-corrected chi connectivity index (χ1v) is 6.47. The first kappa shape index (κ1) is 11.8. The topological polar surface area (TPSA) is 29.5 Å². The Morgan fingerprint density at radius 1 is 1.62 bits per heavy atom. The van der Waals surface area contributed by atoms with Crippen molar-refractivity contribution in [1.29, 1.82) is 0 Å². The summed E-state index contributed by atoms with van der Waals surface area (Å²) < 4.78 is 5.54. The average molecular weight is 239 g/mol. The predicted molar refractivity (Wildman–Crippen MR) is 65.1 cm³/mol. The number of rotatable bonds is 3. The zero-order valence-corrected chi connectivity index (χ0v) is 10.5. The van der Waals surface area contributed by atoms with Crippen molar-refractivity contribution in [3.63, 3.8) is 0 Å². The van der Waals surface area contributed by atoms with Crippen LogP contribution >= 0.6 is 11.3 Å².